The molecule has 0 aromatic heterocycles. The van der Waals surface area contributed by atoms with Gasteiger partial charge in [-0.05, 0) is 75.5 Å². The zero-order chi connectivity index (χ0) is 16.3. The minimum atomic E-state index is -3.72. The van der Waals surface area contributed by atoms with E-state index < -0.39 is 19.6 Å². The maximum Gasteiger partial charge on any atom is 0.208 e. The molecule has 0 spiro atoms. The third-order valence-corrected chi connectivity index (χ3v) is 10.4. The molecule has 0 amide bonds. The van der Waals surface area contributed by atoms with E-state index in [2.05, 4.69) is 0 Å². The molecule has 0 saturated heterocycles. The molecule has 5 aliphatic rings. The fraction of sp³-hybridized carbons (Fsp3) is 1.00. The molecule has 5 saturated carbocycles. The lowest BCUT2D eigenvalue weighted by Crippen LogP contribution is -2.59. The number of sulfone groups is 1. The number of hydrogen-bond donors (Lipinski definition) is 0. The van der Waals surface area contributed by atoms with Crippen molar-refractivity contribution in [2.75, 3.05) is 0 Å². The first kappa shape index (κ1) is 16.4. The lowest BCUT2D eigenvalue weighted by molar-refractivity contribution is 0.0304. The van der Waals surface area contributed by atoms with Gasteiger partial charge in [-0.15, -0.1) is 0 Å². The van der Waals surface area contributed by atoms with Gasteiger partial charge in [0, 0.05) is 0 Å². The molecule has 0 N–H and O–H groups in total. The van der Waals surface area contributed by atoms with Crippen molar-refractivity contribution in [2.45, 2.75) is 93.7 Å². The molecule has 4 heteroatoms. The second-order valence-corrected chi connectivity index (χ2v) is 12.1. The first-order valence-corrected chi connectivity index (χ1v) is 11.2. The van der Waals surface area contributed by atoms with Crippen molar-refractivity contribution >= 4 is 9.84 Å². The molecule has 0 aliphatic heterocycles. The van der Waals surface area contributed by atoms with Crippen LogP contribution in [0.25, 0.3) is 0 Å². The van der Waals surface area contributed by atoms with Gasteiger partial charge in [-0.3, -0.25) is 0 Å². The summed E-state index contributed by atoms with van der Waals surface area (Å²) in [6, 6.07) is 0. The molecular formula is C19H31FO2S. The minimum Gasteiger partial charge on any atom is -0.227 e. The predicted octanol–water partition coefficient (Wildman–Crippen LogP) is 5.03. The largest absolute Gasteiger partial charge is 0.227 e. The Kier molecular flexibility index (Phi) is 3.87. The molecule has 2 nitrogen and oxygen atoms in total. The summed E-state index contributed by atoms with van der Waals surface area (Å²) in [5.74, 6) is 1.90. The Morgan fingerprint density at radius 3 is 1.91 bits per heavy atom. The first-order valence-electron chi connectivity index (χ1n) is 9.74. The molecule has 5 aliphatic carbocycles. The fourth-order valence-electron chi connectivity index (χ4n) is 6.83. The highest BCUT2D eigenvalue weighted by Gasteiger charge is 2.62. The van der Waals surface area contributed by atoms with Gasteiger partial charge >= 0.3 is 0 Å². The maximum atomic E-state index is 15.6. The molecule has 0 heterocycles. The Labute approximate surface area is 140 Å². The van der Waals surface area contributed by atoms with Crippen LogP contribution in [0.1, 0.15) is 84.0 Å². The van der Waals surface area contributed by atoms with Crippen LogP contribution in [0.5, 0.6) is 0 Å². The predicted molar refractivity (Wildman–Crippen MR) is 90.5 cm³/mol. The Morgan fingerprint density at radius 1 is 0.957 bits per heavy atom. The monoisotopic (exact) mass is 342 g/mol. The minimum absolute atomic E-state index is 0.233. The van der Waals surface area contributed by atoms with Gasteiger partial charge < -0.3 is 0 Å². The van der Waals surface area contributed by atoms with Crippen LogP contribution in [0.4, 0.5) is 4.39 Å². The second-order valence-electron chi connectivity index (χ2n) is 9.41. The van der Waals surface area contributed by atoms with Crippen molar-refractivity contribution in [2.24, 2.45) is 23.7 Å². The van der Waals surface area contributed by atoms with E-state index in [-0.39, 0.29) is 12.3 Å². The van der Waals surface area contributed by atoms with Crippen molar-refractivity contribution in [3.05, 3.63) is 0 Å². The number of rotatable bonds is 4. The summed E-state index contributed by atoms with van der Waals surface area (Å²) in [6.07, 6.45) is 11.6. The van der Waals surface area contributed by atoms with Crippen LogP contribution in [-0.2, 0) is 9.84 Å². The van der Waals surface area contributed by atoms with Crippen LogP contribution < -0.4 is 0 Å². The Balaban J connectivity index is 1.58. The van der Waals surface area contributed by atoms with Gasteiger partial charge in [0.2, 0.25) is 5.00 Å². The summed E-state index contributed by atoms with van der Waals surface area (Å²) in [4.78, 5) is 0. The second kappa shape index (κ2) is 5.44. The van der Waals surface area contributed by atoms with Gasteiger partial charge in [0.05, 0.1) is 4.75 Å². The van der Waals surface area contributed by atoms with Gasteiger partial charge in [-0.25, -0.2) is 12.8 Å². The smallest absolute Gasteiger partial charge is 0.208 e. The van der Waals surface area contributed by atoms with Gasteiger partial charge in [0.15, 0.2) is 9.84 Å². The van der Waals surface area contributed by atoms with E-state index >= 15 is 4.39 Å². The lowest BCUT2D eigenvalue weighted by atomic mass is 9.56. The molecular weight excluding hydrogens is 311 g/mol. The van der Waals surface area contributed by atoms with Crippen LogP contribution in [0.3, 0.4) is 0 Å². The van der Waals surface area contributed by atoms with Crippen molar-refractivity contribution < 1.29 is 12.8 Å². The molecule has 1 unspecified atom stereocenters. The fourth-order valence-corrected chi connectivity index (χ4v) is 9.55. The van der Waals surface area contributed by atoms with Crippen molar-refractivity contribution in [3.63, 3.8) is 0 Å². The Morgan fingerprint density at radius 2 is 1.43 bits per heavy atom. The van der Waals surface area contributed by atoms with Gasteiger partial charge in [-0.1, -0.05) is 32.1 Å². The van der Waals surface area contributed by atoms with E-state index in [0.29, 0.717) is 17.8 Å². The summed E-state index contributed by atoms with van der Waals surface area (Å²) >= 11 is 0. The highest BCUT2D eigenvalue weighted by atomic mass is 32.2. The SMILES string of the molecule is CC(F)(CC1CCCCC1)S(=O)(=O)C12CC3CC(CC(C3)C1)C2. The lowest BCUT2D eigenvalue weighted by Gasteiger charge is -2.57. The zero-order valence-corrected chi connectivity index (χ0v) is 15.2. The normalized spacial score (nSPS) is 43.5. The average molecular weight is 343 g/mol. The van der Waals surface area contributed by atoms with Crippen LogP contribution in [0, 0.1) is 23.7 Å². The summed E-state index contributed by atoms with van der Waals surface area (Å²) in [5.41, 5.74) is 0. The molecule has 0 radical (unpaired) electrons. The van der Waals surface area contributed by atoms with E-state index in [1.165, 1.54) is 32.6 Å². The van der Waals surface area contributed by atoms with Gasteiger partial charge in [0.1, 0.15) is 0 Å². The van der Waals surface area contributed by atoms with E-state index in [0.717, 1.165) is 44.9 Å². The highest BCUT2D eigenvalue weighted by molar-refractivity contribution is 7.94. The van der Waals surface area contributed by atoms with Crippen LogP contribution in [0.2, 0.25) is 0 Å². The summed E-state index contributed by atoms with van der Waals surface area (Å²) in [6.45, 7) is 1.38. The van der Waals surface area contributed by atoms with Crippen molar-refractivity contribution in [1.82, 2.24) is 0 Å². The Bertz CT molecular complexity index is 525. The third kappa shape index (κ3) is 2.58. The molecule has 23 heavy (non-hydrogen) atoms. The number of alkyl halides is 1. The topological polar surface area (TPSA) is 34.1 Å². The quantitative estimate of drug-likeness (QED) is 0.718. The van der Waals surface area contributed by atoms with Crippen molar-refractivity contribution in [1.29, 1.82) is 0 Å². The molecule has 132 valence electrons. The molecule has 0 aromatic rings. The molecule has 4 bridgehead atoms. The van der Waals surface area contributed by atoms with Crippen LogP contribution in [-0.4, -0.2) is 18.2 Å². The molecule has 0 aromatic carbocycles. The maximum absolute atomic E-state index is 15.6. The molecule has 5 fully saturated rings. The first-order chi connectivity index (χ1) is 10.8. The summed E-state index contributed by atoms with van der Waals surface area (Å²) < 4.78 is 41.7. The zero-order valence-electron chi connectivity index (χ0n) is 14.4. The molecule has 5 rings (SSSR count). The van der Waals surface area contributed by atoms with E-state index in [4.69, 9.17) is 0 Å². The highest BCUT2D eigenvalue weighted by Crippen LogP contribution is 2.60. The number of halogens is 1. The number of hydrogen-bond acceptors (Lipinski definition) is 2. The van der Waals surface area contributed by atoms with Crippen LogP contribution in [0.15, 0.2) is 0 Å². The Hall–Kier alpha value is -0.120. The average Bonchev–Trinajstić information content (AvgIpc) is 2.46. The van der Waals surface area contributed by atoms with E-state index in [1.54, 1.807) is 0 Å². The van der Waals surface area contributed by atoms with Gasteiger partial charge in [0.25, 0.3) is 0 Å². The van der Waals surface area contributed by atoms with Gasteiger partial charge in [-0.2, -0.15) is 0 Å². The third-order valence-electron chi connectivity index (χ3n) is 7.49. The standard InChI is InChI=1S/C19H31FO2S/c1-18(20,10-14-5-3-2-4-6-14)23(21,22)19-11-15-7-16(12-19)9-17(8-15)13-19/h14-17H,2-13H2,1H3. The van der Waals surface area contributed by atoms with Crippen molar-refractivity contribution in [3.8, 4) is 0 Å². The summed E-state index contributed by atoms with van der Waals surface area (Å²) in [7, 11) is -3.72. The van der Waals surface area contributed by atoms with E-state index in [9.17, 15) is 8.42 Å². The van der Waals surface area contributed by atoms with Crippen LogP contribution >= 0.6 is 0 Å². The van der Waals surface area contributed by atoms with E-state index in [1.807, 2.05) is 0 Å². The summed E-state index contributed by atoms with van der Waals surface area (Å²) in [5, 5.41) is -2.03. The molecule has 1 atom stereocenters.